The van der Waals surface area contributed by atoms with E-state index in [0.29, 0.717) is 6.92 Å². The molecule has 1 saturated heterocycles. The summed E-state index contributed by atoms with van der Waals surface area (Å²) >= 11 is 0. The molecule has 0 saturated carbocycles. The summed E-state index contributed by atoms with van der Waals surface area (Å²) in [6.07, 6.45) is -7.98. The molecule has 0 aliphatic carbocycles. The van der Waals surface area contributed by atoms with Gasteiger partial charge >= 0.3 is 64.9 Å². The summed E-state index contributed by atoms with van der Waals surface area (Å²) in [6.45, 7) is -6.99. The Balaban J connectivity index is 3.14. The number of carboxylic acids is 3. The number of alkyl halides is 17. The van der Waals surface area contributed by atoms with Gasteiger partial charge in [0, 0.05) is 72.0 Å². The SMILES string of the molecule is CCN(CC(=O)NCCNC(=O)CN1CCN(CC(=O)O)CCN(CC(=O)O)CCN(CC(=O)O)CC1)S(=O)(=O)C(F)(F)C(F)(F)C(F)(F)C(F)(F)C(F)(F)C(F)(F)C(F)(F)C(F)(F)F. The lowest BCUT2D eigenvalue weighted by Crippen LogP contribution is -2.75. The van der Waals surface area contributed by atoms with Gasteiger partial charge in [0.15, 0.2) is 0 Å². The minimum Gasteiger partial charge on any atom is -0.480 e. The summed E-state index contributed by atoms with van der Waals surface area (Å²) in [4.78, 5) is 64.9. The molecule has 1 aliphatic rings. The number of halogens is 17. The van der Waals surface area contributed by atoms with Gasteiger partial charge in [0.25, 0.3) is 10.0 Å². The Bertz CT molecular complexity index is 1760. The predicted molar refractivity (Wildman–Crippen MR) is 182 cm³/mol. The van der Waals surface area contributed by atoms with E-state index < -0.39 is 143 Å². The van der Waals surface area contributed by atoms with Crippen molar-refractivity contribution in [3.63, 3.8) is 0 Å². The number of carbonyl (C=O) groups is 5. The Morgan fingerprint density at radius 3 is 1.05 bits per heavy atom. The normalized spacial score (nSPS) is 17.6. The number of nitrogens with zero attached hydrogens (tertiary/aromatic N) is 5. The number of rotatable bonds is 22. The molecule has 1 heterocycles. The van der Waals surface area contributed by atoms with Gasteiger partial charge in [-0.3, -0.25) is 43.6 Å². The second-order valence-corrected chi connectivity index (χ2v) is 15.9. The minimum atomic E-state index is -9.03. The van der Waals surface area contributed by atoms with Crippen LogP contribution in [0.2, 0.25) is 0 Å². The van der Waals surface area contributed by atoms with Crippen LogP contribution in [-0.4, -0.2) is 229 Å². The smallest absolute Gasteiger partial charge is 0.460 e. The van der Waals surface area contributed by atoms with E-state index in [1.54, 1.807) is 5.32 Å². The van der Waals surface area contributed by atoms with Gasteiger partial charge in [-0.15, -0.1) is 0 Å². The Kier molecular flexibility index (Phi) is 19.7. The molecular formula is C30H40F17N7O10S. The van der Waals surface area contributed by atoms with Crippen LogP contribution in [0.5, 0.6) is 0 Å². The predicted octanol–water partition coefficient (Wildman–Crippen LogP) is 1.31. The molecule has 17 nitrogen and oxygen atoms in total. The van der Waals surface area contributed by atoms with Crippen LogP contribution in [0.3, 0.4) is 0 Å². The van der Waals surface area contributed by atoms with Gasteiger partial charge in [0.2, 0.25) is 11.8 Å². The van der Waals surface area contributed by atoms with E-state index in [1.807, 2.05) is 0 Å². The largest absolute Gasteiger partial charge is 0.480 e. The van der Waals surface area contributed by atoms with Crippen molar-refractivity contribution in [1.82, 2.24) is 34.5 Å². The van der Waals surface area contributed by atoms with Gasteiger partial charge in [-0.25, -0.2) is 8.42 Å². The number of hydrogen-bond acceptors (Lipinski definition) is 11. The maximum atomic E-state index is 14.7. The second kappa shape index (κ2) is 21.7. The van der Waals surface area contributed by atoms with E-state index in [2.05, 4.69) is 5.32 Å². The lowest BCUT2D eigenvalue weighted by molar-refractivity contribution is -0.458. The highest BCUT2D eigenvalue weighted by Gasteiger charge is 2.96. The number of carboxylic acid groups (broad SMARTS) is 3. The topological polar surface area (TPSA) is 220 Å². The highest BCUT2D eigenvalue weighted by atomic mass is 32.2. The van der Waals surface area contributed by atoms with Crippen LogP contribution in [-0.2, 0) is 34.0 Å². The zero-order valence-electron chi connectivity index (χ0n) is 33.1. The maximum absolute atomic E-state index is 14.7. The fraction of sp³-hybridized carbons (Fsp3) is 0.833. The van der Waals surface area contributed by atoms with Gasteiger partial charge in [-0.05, 0) is 0 Å². The molecule has 0 radical (unpaired) electrons. The molecule has 380 valence electrons. The molecule has 0 bridgehead atoms. The molecule has 0 aromatic carbocycles. The van der Waals surface area contributed by atoms with Crippen molar-refractivity contribution in [1.29, 1.82) is 0 Å². The molecule has 65 heavy (non-hydrogen) atoms. The van der Waals surface area contributed by atoms with Crippen LogP contribution in [0.15, 0.2) is 0 Å². The summed E-state index contributed by atoms with van der Waals surface area (Å²) in [7, 11) is -7.74. The standard InChI is InChI=1S/C30H40F17N7O10S/c1-2-54(65(63,64)30(46,47)28(41,42)26(37,38)24(33,34)23(31,32)25(35,36)27(39,40)29(43,44)45)14-19(56)49-4-3-48-18(55)13-50-5-7-51(15-20(57)58)9-11-53(17-22(61)62)12-10-52(8-6-50)16-21(59)60/h2-17H2,1H3,(H,48,55)(H,49,56)(H,57,58)(H,59,60)(H,61,62). The third-order valence-electron chi connectivity index (χ3n) is 9.17. The number of carbonyl (C=O) groups excluding carboxylic acids is 2. The van der Waals surface area contributed by atoms with Crippen LogP contribution < -0.4 is 10.6 Å². The van der Waals surface area contributed by atoms with E-state index >= 15 is 0 Å². The van der Waals surface area contributed by atoms with Crippen molar-refractivity contribution < 1.29 is 122 Å². The second-order valence-electron chi connectivity index (χ2n) is 13.9. The maximum Gasteiger partial charge on any atom is 0.460 e. The van der Waals surface area contributed by atoms with Crippen molar-refractivity contribution in [2.75, 3.05) is 105 Å². The van der Waals surface area contributed by atoms with Crippen LogP contribution in [0.1, 0.15) is 6.92 Å². The number of nitrogens with one attached hydrogen (secondary N) is 2. The van der Waals surface area contributed by atoms with Crippen molar-refractivity contribution in [3.05, 3.63) is 0 Å². The van der Waals surface area contributed by atoms with Gasteiger partial charge in [-0.2, -0.15) is 78.9 Å². The summed E-state index contributed by atoms with van der Waals surface area (Å²) in [6, 6.07) is 0. The lowest BCUT2D eigenvalue weighted by Gasteiger charge is -2.42. The monoisotopic (exact) mass is 1010 g/mol. The number of amides is 2. The van der Waals surface area contributed by atoms with Crippen LogP contribution in [0, 0.1) is 0 Å². The Morgan fingerprint density at radius 1 is 0.477 bits per heavy atom. The molecule has 0 unspecified atom stereocenters. The lowest BCUT2D eigenvalue weighted by atomic mass is 9.91. The quantitative estimate of drug-likeness (QED) is 0.0764. The number of likely N-dealkylation sites (N-methyl/N-ethyl adjacent to an activating group) is 1. The van der Waals surface area contributed by atoms with E-state index in [0.717, 1.165) is 0 Å². The molecule has 35 heteroatoms. The van der Waals surface area contributed by atoms with Gasteiger partial charge in [0.1, 0.15) is 0 Å². The molecule has 0 atom stereocenters. The average Bonchev–Trinajstić information content (AvgIpc) is 3.14. The van der Waals surface area contributed by atoms with Crippen molar-refractivity contribution in [2.45, 2.75) is 53.9 Å². The number of sulfonamides is 1. The van der Waals surface area contributed by atoms with E-state index in [9.17, 15) is 122 Å². The van der Waals surface area contributed by atoms with Crippen molar-refractivity contribution in [2.24, 2.45) is 0 Å². The van der Waals surface area contributed by atoms with E-state index in [1.165, 1.54) is 19.6 Å². The third kappa shape index (κ3) is 13.3. The summed E-state index contributed by atoms with van der Waals surface area (Å²) in [5, 5.41) is 23.9. The van der Waals surface area contributed by atoms with Crippen molar-refractivity contribution in [3.8, 4) is 0 Å². The molecule has 0 spiro atoms. The number of aliphatic carboxylic acids is 3. The molecule has 0 aromatic heterocycles. The van der Waals surface area contributed by atoms with Gasteiger partial charge < -0.3 is 26.0 Å². The first-order valence-electron chi connectivity index (χ1n) is 18.0. The van der Waals surface area contributed by atoms with Crippen LogP contribution >= 0.6 is 0 Å². The Hall–Kier alpha value is -4.09. The first-order chi connectivity index (χ1) is 29.2. The first-order valence-corrected chi connectivity index (χ1v) is 19.4. The highest BCUT2D eigenvalue weighted by Crippen LogP contribution is 2.64. The molecule has 2 amide bonds. The molecule has 1 aliphatic heterocycles. The Labute approximate surface area is 355 Å². The van der Waals surface area contributed by atoms with Gasteiger partial charge in [-0.1, -0.05) is 6.92 Å². The molecule has 1 fully saturated rings. The highest BCUT2D eigenvalue weighted by molar-refractivity contribution is 7.90. The molecule has 0 aromatic rings. The zero-order chi connectivity index (χ0) is 51.0. The minimum absolute atomic E-state index is 0.00993. The summed E-state index contributed by atoms with van der Waals surface area (Å²) in [5.41, 5.74) is 0. The summed E-state index contributed by atoms with van der Waals surface area (Å²) in [5.74, 6) is -59.2. The summed E-state index contributed by atoms with van der Waals surface area (Å²) < 4.78 is 256. The first kappa shape index (κ1) is 58.9. The van der Waals surface area contributed by atoms with Crippen LogP contribution in [0.4, 0.5) is 74.6 Å². The molecule has 1 rings (SSSR count). The Morgan fingerprint density at radius 2 is 0.754 bits per heavy atom. The molecule has 5 N–H and O–H groups in total. The fourth-order valence-electron chi connectivity index (χ4n) is 5.50. The van der Waals surface area contributed by atoms with Crippen LogP contribution in [0.25, 0.3) is 0 Å². The zero-order valence-corrected chi connectivity index (χ0v) is 33.9. The average molecular weight is 1010 g/mol. The fourth-order valence-corrected chi connectivity index (χ4v) is 6.91. The van der Waals surface area contributed by atoms with E-state index in [4.69, 9.17) is 0 Å². The number of hydrogen-bond donors (Lipinski definition) is 5. The van der Waals surface area contributed by atoms with E-state index in [-0.39, 0.29) is 52.4 Å². The van der Waals surface area contributed by atoms with Gasteiger partial charge in [0.05, 0.1) is 32.7 Å². The third-order valence-corrected chi connectivity index (χ3v) is 11.1. The van der Waals surface area contributed by atoms with Crippen molar-refractivity contribution >= 4 is 39.7 Å². The molecular weight excluding hydrogens is 973 g/mol.